The molecule has 5 nitrogen and oxygen atoms in total. The van der Waals surface area contributed by atoms with Gasteiger partial charge in [0.15, 0.2) is 0 Å². The highest BCUT2D eigenvalue weighted by Crippen LogP contribution is 2.52. The van der Waals surface area contributed by atoms with Gasteiger partial charge in [-0.3, -0.25) is 9.59 Å². The molecule has 1 aromatic carbocycles. The summed E-state index contributed by atoms with van der Waals surface area (Å²) in [5, 5.41) is 0. The van der Waals surface area contributed by atoms with Crippen molar-refractivity contribution in [1.82, 2.24) is 4.90 Å². The van der Waals surface area contributed by atoms with Gasteiger partial charge < -0.3 is 14.4 Å². The fraction of sp³-hybridized carbons (Fsp3) is 0.474. The van der Waals surface area contributed by atoms with Gasteiger partial charge in [0.25, 0.3) is 0 Å². The van der Waals surface area contributed by atoms with E-state index in [1.165, 1.54) is 0 Å². The Morgan fingerprint density at radius 2 is 2.17 bits per heavy atom. The monoisotopic (exact) mass is 327 g/mol. The SMILES string of the molecule is CCCOC(=O)[C@@H]1[C@H]2C(=O)N(Cc3ccccc3)C[C@@]23C=C[C@H]1O3. The van der Waals surface area contributed by atoms with E-state index in [2.05, 4.69) is 0 Å². The fourth-order valence-corrected chi connectivity index (χ4v) is 4.08. The maximum atomic E-state index is 13.0. The van der Waals surface area contributed by atoms with E-state index in [-0.39, 0.29) is 18.0 Å². The van der Waals surface area contributed by atoms with Gasteiger partial charge in [0.2, 0.25) is 5.91 Å². The summed E-state index contributed by atoms with van der Waals surface area (Å²) in [5.74, 6) is -1.30. The number of carbonyl (C=O) groups is 2. The number of esters is 1. The summed E-state index contributed by atoms with van der Waals surface area (Å²) in [5.41, 5.74) is 0.415. The zero-order valence-electron chi connectivity index (χ0n) is 13.7. The molecule has 0 unspecified atom stereocenters. The number of benzene rings is 1. The van der Waals surface area contributed by atoms with Gasteiger partial charge in [-0.15, -0.1) is 0 Å². The highest BCUT2D eigenvalue weighted by molar-refractivity contribution is 5.91. The Morgan fingerprint density at radius 3 is 2.92 bits per heavy atom. The number of fused-ring (bicyclic) bond motifs is 1. The highest BCUT2D eigenvalue weighted by atomic mass is 16.6. The molecule has 126 valence electrons. The van der Waals surface area contributed by atoms with Crippen LogP contribution in [0.25, 0.3) is 0 Å². The largest absolute Gasteiger partial charge is 0.465 e. The summed E-state index contributed by atoms with van der Waals surface area (Å²) in [6, 6.07) is 9.88. The third kappa shape index (κ3) is 2.26. The Labute approximate surface area is 141 Å². The van der Waals surface area contributed by atoms with Crippen molar-refractivity contribution >= 4 is 11.9 Å². The fourth-order valence-electron chi connectivity index (χ4n) is 4.08. The minimum Gasteiger partial charge on any atom is -0.465 e. The van der Waals surface area contributed by atoms with Gasteiger partial charge in [0, 0.05) is 6.54 Å². The molecule has 5 heteroatoms. The first-order valence-electron chi connectivity index (χ1n) is 8.51. The highest BCUT2D eigenvalue weighted by Gasteiger charge is 2.67. The van der Waals surface area contributed by atoms with Crippen LogP contribution in [-0.4, -0.2) is 41.6 Å². The number of amides is 1. The molecule has 3 aliphatic heterocycles. The van der Waals surface area contributed by atoms with Gasteiger partial charge in [-0.05, 0) is 12.0 Å². The third-order valence-electron chi connectivity index (χ3n) is 5.12. The molecule has 0 N–H and O–H groups in total. The first-order valence-corrected chi connectivity index (χ1v) is 8.51. The number of nitrogens with zero attached hydrogens (tertiary/aromatic N) is 1. The first-order chi connectivity index (χ1) is 11.6. The van der Waals surface area contributed by atoms with Crippen LogP contribution in [0, 0.1) is 11.8 Å². The molecule has 4 rings (SSSR count). The molecule has 3 heterocycles. The number of rotatable bonds is 5. The molecule has 1 aromatic rings. The Hall–Kier alpha value is -2.14. The maximum absolute atomic E-state index is 13.0. The standard InChI is InChI=1S/C19H21NO4/c1-2-10-23-18(22)15-14-8-9-19(24-14)12-20(17(21)16(15)19)11-13-6-4-3-5-7-13/h3-9,14-16H,2,10-12H2,1H3/t14-,15+,16+,19+/m1/s1. The first kappa shape index (κ1) is 15.4. The van der Waals surface area contributed by atoms with Crippen molar-refractivity contribution in [1.29, 1.82) is 0 Å². The Bertz CT molecular complexity index is 686. The molecular weight excluding hydrogens is 306 g/mol. The van der Waals surface area contributed by atoms with E-state index < -0.39 is 17.4 Å². The van der Waals surface area contributed by atoms with Crippen molar-refractivity contribution in [3.8, 4) is 0 Å². The van der Waals surface area contributed by atoms with Crippen molar-refractivity contribution in [3.05, 3.63) is 48.0 Å². The van der Waals surface area contributed by atoms with Crippen LogP contribution in [-0.2, 0) is 25.6 Å². The molecule has 2 fully saturated rings. The van der Waals surface area contributed by atoms with Gasteiger partial charge in [-0.1, -0.05) is 49.4 Å². The van der Waals surface area contributed by atoms with Gasteiger partial charge in [-0.25, -0.2) is 0 Å². The molecule has 2 saturated heterocycles. The minimum atomic E-state index is -0.660. The summed E-state index contributed by atoms with van der Waals surface area (Å²) in [6.07, 6.45) is 4.31. The number of carbonyl (C=O) groups excluding carboxylic acids is 2. The van der Waals surface area contributed by atoms with Crippen molar-refractivity contribution in [2.45, 2.75) is 31.6 Å². The number of hydrogen-bond donors (Lipinski definition) is 0. The summed E-state index contributed by atoms with van der Waals surface area (Å²) >= 11 is 0. The van der Waals surface area contributed by atoms with Crippen molar-refractivity contribution in [2.75, 3.05) is 13.2 Å². The normalized spacial score (nSPS) is 33.1. The summed E-state index contributed by atoms with van der Waals surface area (Å²) in [7, 11) is 0. The summed E-state index contributed by atoms with van der Waals surface area (Å²) in [6.45, 7) is 3.37. The molecule has 4 atom stereocenters. The molecular formula is C19H21NO4. The van der Waals surface area contributed by atoms with E-state index in [0.29, 0.717) is 19.7 Å². The minimum absolute atomic E-state index is 0.0100. The van der Waals surface area contributed by atoms with Gasteiger partial charge in [0.1, 0.15) is 11.5 Å². The predicted molar refractivity (Wildman–Crippen MR) is 86.8 cm³/mol. The second-order valence-corrected chi connectivity index (χ2v) is 6.75. The van der Waals surface area contributed by atoms with Crippen LogP contribution >= 0.6 is 0 Å². The summed E-state index contributed by atoms with van der Waals surface area (Å²) in [4.78, 5) is 27.2. The van der Waals surface area contributed by atoms with Crippen molar-refractivity contribution < 1.29 is 19.1 Å². The lowest BCUT2D eigenvalue weighted by molar-refractivity contribution is -0.153. The van der Waals surface area contributed by atoms with Crippen LogP contribution in [0.2, 0.25) is 0 Å². The number of ether oxygens (including phenoxy) is 2. The molecule has 0 aliphatic carbocycles. The van der Waals surface area contributed by atoms with E-state index in [0.717, 1.165) is 12.0 Å². The Morgan fingerprint density at radius 1 is 1.38 bits per heavy atom. The van der Waals surface area contributed by atoms with Crippen LogP contribution in [0.1, 0.15) is 18.9 Å². The average Bonchev–Trinajstić information content (AvgIpc) is 3.22. The second-order valence-electron chi connectivity index (χ2n) is 6.75. The lowest BCUT2D eigenvalue weighted by Gasteiger charge is -2.22. The van der Waals surface area contributed by atoms with Crippen LogP contribution < -0.4 is 0 Å². The van der Waals surface area contributed by atoms with Crippen LogP contribution in [0.3, 0.4) is 0 Å². The van der Waals surface area contributed by atoms with Crippen molar-refractivity contribution in [3.63, 3.8) is 0 Å². The molecule has 24 heavy (non-hydrogen) atoms. The van der Waals surface area contributed by atoms with Crippen LogP contribution in [0.15, 0.2) is 42.5 Å². The molecule has 2 bridgehead atoms. The number of hydrogen-bond acceptors (Lipinski definition) is 4. The molecule has 0 saturated carbocycles. The molecule has 0 radical (unpaired) electrons. The van der Waals surface area contributed by atoms with E-state index in [1.54, 1.807) is 4.90 Å². The van der Waals surface area contributed by atoms with Gasteiger partial charge >= 0.3 is 5.97 Å². The van der Waals surface area contributed by atoms with Crippen molar-refractivity contribution in [2.24, 2.45) is 11.8 Å². The molecule has 0 aromatic heterocycles. The van der Waals surface area contributed by atoms with E-state index in [9.17, 15) is 9.59 Å². The lowest BCUT2D eigenvalue weighted by Crippen LogP contribution is -2.40. The van der Waals surface area contributed by atoms with E-state index in [1.807, 2.05) is 49.4 Å². The van der Waals surface area contributed by atoms with Gasteiger partial charge in [-0.2, -0.15) is 0 Å². The molecule has 1 spiro atoms. The van der Waals surface area contributed by atoms with Crippen LogP contribution in [0.4, 0.5) is 0 Å². The Kier molecular flexibility index (Phi) is 3.68. The third-order valence-corrected chi connectivity index (χ3v) is 5.12. The lowest BCUT2D eigenvalue weighted by atomic mass is 9.77. The topological polar surface area (TPSA) is 55.8 Å². The zero-order chi connectivity index (χ0) is 16.7. The quantitative estimate of drug-likeness (QED) is 0.612. The average molecular weight is 327 g/mol. The van der Waals surface area contributed by atoms with Gasteiger partial charge in [0.05, 0.1) is 25.2 Å². The van der Waals surface area contributed by atoms with E-state index in [4.69, 9.17) is 9.47 Å². The molecule has 1 amide bonds. The van der Waals surface area contributed by atoms with E-state index >= 15 is 0 Å². The second kappa shape index (κ2) is 5.74. The predicted octanol–water partition coefficient (Wildman–Crippen LogP) is 1.92. The molecule has 3 aliphatic rings. The zero-order valence-corrected chi connectivity index (χ0v) is 13.7. The smallest absolute Gasteiger partial charge is 0.312 e. The Balaban J connectivity index is 1.56. The summed E-state index contributed by atoms with van der Waals surface area (Å²) < 4.78 is 11.4. The maximum Gasteiger partial charge on any atom is 0.312 e. The number of likely N-dealkylation sites (tertiary alicyclic amines) is 1. The van der Waals surface area contributed by atoms with Crippen LogP contribution in [0.5, 0.6) is 0 Å².